The van der Waals surface area contributed by atoms with E-state index in [2.05, 4.69) is 10.1 Å². The summed E-state index contributed by atoms with van der Waals surface area (Å²) in [6.45, 7) is 2.56. The summed E-state index contributed by atoms with van der Waals surface area (Å²) in [5.74, 6) is 0.701. The van der Waals surface area contributed by atoms with Crippen LogP contribution in [0.15, 0.2) is 4.52 Å². The van der Waals surface area contributed by atoms with Crippen molar-refractivity contribution in [3.8, 4) is 0 Å². The Morgan fingerprint density at radius 1 is 1.43 bits per heavy atom. The molecule has 21 heavy (non-hydrogen) atoms. The molecule has 0 spiro atoms. The first-order valence-corrected chi connectivity index (χ1v) is 9.15. The topological polar surface area (TPSA) is 93.4 Å². The number of nitrogens with zero attached hydrogens (tertiary/aromatic N) is 3. The van der Waals surface area contributed by atoms with Crippen LogP contribution in [-0.4, -0.2) is 47.4 Å². The highest BCUT2D eigenvalue weighted by molar-refractivity contribution is 7.91. The summed E-state index contributed by atoms with van der Waals surface area (Å²) < 4.78 is 28.2. The molecule has 2 saturated heterocycles. The van der Waals surface area contributed by atoms with E-state index in [1.807, 2.05) is 6.92 Å². The van der Waals surface area contributed by atoms with Gasteiger partial charge in [-0.2, -0.15) is 4.98 Å². The number of aromatic nitrogens is 2. The number of likely N-dealkylation sites (tertiary alicyclic amines) is 1. The Labute approximate surface area is 123 Å². The Bertz CT molecular complexity index is 640. The molecule has 0 bridgehead atoms. The first kappa shape index (κ1) is 14.5. The van der Waals surface area contributed by atoms with Crippen molar-refractivity contribution in [1.29, 1.82) is 0 Å². The molecule has 3 heterocycles. The smallest absolute Gasteiger partial charge is 0.227 e. The van der Waals surface area contributed by atoms with Crippen LogP contribution < -0.4 is 0 Å². The third-order valence-electron chi connectivity index (χ3n) is 4.20. The lowest BCUT2D eigenvalue weighted by atomic mass is 10.1. The highest BCUT2D eigenvalue weighted by Crippen LogP contribution is 2.33. The second-order valence-corrected chi connectivity index (χ2v) is 7.92. The van der Waals surface area contributed by atoms with E-state index in [0.717, 1.165) is 12.8 Å². The Hall–Kier alpha value is -1.44. The van der Waals surface area contributed by atoms with Crippen molar-refractivity contribution in [1.82, 2.24) is 15.0 Å². The number of amides is 1. The highest BCUT2D eigenvalue weighted by Gasteiger charge is 2.40. The molecular weight excluding hydrogens is 294 g/mol. The molecule has 0 unspecified atom stereocenters. The molecule has 3 rings (SSSR count). The van der Waals surface area contributed by atoms with Crippen LogP contribution in [0.3, 0.4) is 0 Å². The number of carbonyl (C=O) groups is 1. The number of carbonyl (C=O) groups excluding carboxylic acids is 1. The van der Waals surface area contributed by atoms with Crippen LogP contribution in [0.25, 0.3) is 0 Å². The number of hydrogen-bond donors (Lipinski definition) is 0. The van der Waals surface area contributed by atoms with Crippen molar-refractivity contribution in [3.05, 3.63) is 11.7 Å². The SMILES string of the molecule is CCc1nc([C@@H]2CCCN2C(=O)[C@H]2CCS(=O)(=O)C2)no1. The van der Waals surface area contributed by atoms with Crippen molar-refractivity contribution in [2.24, 2.45) is 5.92 Å². The summed E-state index contributed by atoms with van der Waals surface area (Å²) in [6.07, 6.45) is 2.77. The quantitative estimate of drug-likeness (QED) is 0.816. The molecule has 2 atom stereocenters. The number of hydrogen-bond acceptors (Lipinski definition) is 6. The van der Waals surface area contributed by atoms with Gasteiger partial charge in [0.15, 0.2) is 15.7 Å². The first-order valence-electron chi connectivity index (χ1n) is 7.33. The van der Waals surface area contributed by atoms with Gasteiger partial charge in [0.2, 0.25) is 11.8 Å². The zero-order valence-corrected chi connectivity index (χ0v) is 12.8. The van der Waals surface area contributed by atoms with Crippen molar-refractivity contribution in [2.45, 2.75) is 38.6 Å². The number of aryl methyl sites for hydroxylation is 1. The molecule has 0 aliphatic carbocycles. The Morgan fingerprint density at radius 3 is 2.86 bits per heavy atom. The molecule has 0 saturated carbocycles. The van der Waals surface area contributed by atoms with Gasteiger partial charge in [-0.25, -0.2) is 8.42 Å². The van der Waals surface area contributed by atoms with E-state index in [4.69, 9.17) is 4.52 Å². The van der Waals surface area contributed by atoms with Crippen LogP contribution in [0.1, 0.15) is 43.9 Å². The molecule has 2 aliphatic heterocycles. The molecule has 8 heteroatoms. The molecule has 2 fully saturated rings. The molecular formula is C13H19N3O4S. The Balaban J connectivity index is 1.76. The maximum atomic E-state index is 12.6. The minimum Gasteiger partial charge on any atom is -0.339 e. The molecule has 116 valence electrons. The van der Waals surface area contributed by atoms with Gasteiger partial charge in [0, 0.05) is 13.0 Å². The Morgan fingerprint density at radius 2 is 2.24 bits per heavy atom. The minimum atomic E-state index is -3.05. The van der Waals surface area contributed by atoms with Crippen LogP contribution in [0, 0.1) is 5.92 Å². The minimum absolute atomic E-state index is 0.0263. The fourth-order valence-electron chi connectivity index (χ4n) is 3.07. The molecule has 0 aromatic carbocycles. The highest BCUT2D eigenvalue weighted by atomic mass is 32.2. The second kappa shape index (κ2) is 5.40. The maximum Gasteiger partial charge on any atom is 0.227 e. The van der Waals surface area contributed by atoms with Gasteiger partial charge in [-0.3, -0.25) is 4.79 Å². The monoisotopic (exact) mass is 313 g/mol. The molecule has 0 N–H and O–H groups in total. The van der Waals surface area contributed by atoms with E-state index in [0.29, 0.717) is 31.1 Å². The summed E-state index contributed by atoms with van der Waals surface area (Å²) in [7, 11) is -3.05. The van der Waals surface area contributed by atoms with Gasteiger partial charge in [-0.15, -0.1) is 0 Å². The van der Waals surface area contributed by atoms with Crippen LogP contribution in [0.2, 0.25) is 0 Å². The second-order valence-electron chi connectivity index (χ2n) is 5.69. The van der Waals surface area contributed by atoms with E-state index in [1.165, 1.54) is 0 Å². The van der Waals surface area contributed by atoms with E-state index < -0.39 is 15.8 Å². The lowest BCUT2D eigenvalue weighted by molar-refractivity contribution is -0.135. The zero-order chi connectivity index (χ0) is 15.0. The fourth-order valence-corrected chi connectivity index (χ4v) is 4.80. The molecule has 1 amide bonds. The van der Waals surface area contributed by atoms with Crippen molar-refractivity contribution < 1.29 is 17.7 Å². The zero-order valence-electron chi connectivity index (χ0n) is 12.0. The summed E-state index contributed by atoms with van der Waals surface area (Å²) in [4.78, 5) is 18.6. The number of rotatable bonds is 3. The summed E-state index contributed by atoms with van der Waals surface area (Å²) >= 11 is 0. The number of sulfone groups is 1. The van der Waals surface area contributed by atoms with E-state index in [-0.39, 0.29) is 23.5 Å². The molecule has 1 aromatic rings. The standard InChI is InChI=1S/C13H19N3O4S/c1-2-11-14-12(15-20-11)10-4-3-6-16(10)13(17)9-5-7-21(18,19)8-9/h9-10H,2-8H2,1H3/t9-,10-/m0/s1. The summed E-state index contributed by atoms with van der Waals surface area (Å²) in [5.41, 5.74) is 0. The van der Waals surface area contributed by atoms with Gasteiger partial charge in [0.1, 0.15) is 0 Å². The largest absolute Gasteiger partial charge is 0.339 e. The van der Waals surface area contributed by atoms with Crippen LogP contribution >= 0.6 is 0 Å². The van der Waals surface area contributed by atoms with E-state index >= 15 is 0 Å². The van der Waals surface area contributed by atoms with Crippen LogP contribution in [0.4, 0.5) is 0 Å². The summed E-state index contributed by atoms with van der Waals surface area (Å²) in [6, 6.07) is -0.176. The fraction of sp³-hybridized carbons (Fsp3) is 0.769. The van der Waals surface area contributed by atoms with E-state index in [1.54, 1.807) is 4.90 Å². The average Bonchev–Trinajstić information content (AvgIpc) is 3.15. The third-order valence-corrected chi connectivity index (χ3v) is 5.97. The summed E-state index contributed by atoms with van der Waals surface area (Å²) in [5, 5.41) is 3.96. The van der Waals surface area contributed by atoms with Gasteiger partial charge in [-0.05, 0) is 19.3 Å². The average molecular weight is 313 g/mol. The molecule has 1 aromatic heterocycles. The van der Waals surface area contributed by atoms with Crippen LogP contribution in [-0.2, 0) is 21.1 Å². The van der Waals surface area contributed by atoms with E-state index in [9.17, 15) is 13.2 Å². The van der Waals surface area contributed by atoms with Gasteiger partial charge >= 0.3 is 0 Å². The normalized spacial score (nSPS) is 28.1. The van der Waals surface area contributed by atoms with Crippen molar-refractivity contribution in [2.75, 3.05) is 18.1 Å². The van der Waals surface area contributed by atoms with Gasteiger partial charge in [0.25, 0.3) is 0 Å². The van der Waals surface area contributed by atoms with Crippen molar-refractivity contribution >= 4 is 15.7 Å². The third kappa shape index (κ3) is 2.81. The van der Waals surface area contributed by atoms with Crippen molar-refractivity contribution in [3.63, 3.8) is 0 Å². The molecule has 7 nitrogen and oxygen atoms in total. The predicted molar refractivity (Wildman–Crippen MR) is 74.1 cm³/mol. The lowest BCUT2D eigenvalue weighted by Crippen LogP contribution is -2.36. The first-order chi connectivity index (χ1) is 10.00. The van der Waals surface area contributed by atoms with Crippen LogP contribution in [0.5, 0.6) is 0 Å². The lowest BCUT2D eigenvalue weighted by Gasteiger charge is -2.24. The molecule has 0 radical (unpaired) electrons. The van der Waals surface area contributed by atoms with Gasteiger partial charge in [0.05, 0.1) is 23.5 Å². The van der Waals surface area contributed by atoms with Gasteiger partial charge < -0.3 is 9.42 Å². The predicted octanol–water partition coefficient (Wildman–Crippen LogP) is 0.730. The van der Waals surface area contributed by atoms with Gasteiger partial charge in [-0.1, -0.05) is 12.1 Å². The molecule has 2 aliphatic rings. The Kier molecular flexibility index (Phi) is 3.73. The maximum absolute atomic E-state index is 12.6.